The number of benzene rings is 2. The highest BCUT2D eigenvalue weighted by atomic mass is 16.3. The van der Waals surface area contributed by atoms with E-state index in [-0.39, 0.29) is 0 Å². The van der Waals surface area contributed by atoms with Crippen LogP contribution in [-0.2, 0) is 12.8 Å². The number of phenolic OH excluding ortho intramolecular Hbond substituents is 2. The summed E-state index contributed by atoms with van der Waals surface area (Å²) in [6.07, 6.45) is 1.83. The minimum Gasteiger partial charge on any atom is -0.508 e. The van der Waals surface area contributed by atoms with E-state index in [0.717, 1.165) is 12.8 Å². The predicted molar refractivity (Wildman–Crippen MR) is 91.8 cm³/mol. The van der Waals surface area contributed by atoms with E-state index < -0.39 is 0 Å². The third-order valence-corrected chi connectivity index (χ3v) is 4.75. The Morgan fingerprint density at radius 1 is 0.727 bits per heavy atom. The van der Waals surface area contributed by atoms with E-state index in [0.29, 0.717) is 23.3 Å². The maximum absolute atomic E-state index is 9.69. The SMILES string of the molecule is CCc1cc(O)ccc1[C@@H](C)[C@@H](C)c1ccc(O)cc1CC. The summed E-state index contributed by atoms with van der Waals surface area (Å²) in [5.74, 6) is 1.37. The minimum absolute atomic E-state index is 0.333. The molecule has 2 aromatic carbocycles. The third-order valence-electron chi connectivity index (χ3n) is 4.75. The number of aromatic hydroxyl groups is 2. The summed E-state index contributed by atoms with van der Waals surface area (Å²) in [6.45, 7) is 8.71. The first kappa shape index (κ1) is 16.4. The summed E-state index contributed by atoms with van der Waals surface area (Å²) in [5, 5.41) is 19.4. The molecule has 2 nitrogen and oxygen atoms in total. The smallest absolute Gasteiger partial charge is 0.115 e. The van der Waals surface area contributed by atoms with E-state index in [2.05, 4.69) is 27.7 Å². The van der Waals surface area contributed by atoms with Crippen LogP contribution in [0.5, 0.6) is 11.5 Å². The van der Waals surface area contributed by atoms with Crippen molar-refractivity contribution in [3.8, 4) is 11.5 Å². The zero-order chi connectivity index (χ0) is 16.3. The van der Waals surface area contributed by atoms with E-state index in [1.165, 1.54) is 22.3 Å². The Labute approximate surface area is 133 Å². The van der Waals surface area contributed by atoms with E-state index in [4.69, 9.17) is 0 Å². The van der Waals surface area contributed by atoms with Crippen molar-refractivity contribution in [2.75, 3.05) is 0 Å². The highest BCUT2D eigenvalue weighted by Crippen LogP contribution is 2.37. The van der Waals surface area contributed by atoms with Crippen LogP contribution in [0.15, 0.2) is 36.4 Å². The molecule has 0 spiro atoms. The molecule has 22 heavy (non-hydrogen) atoms. The van der Waals surface area contributed by atoms with Crippen LogP contribution in [0.1, 0.15) is 61.8 Å². The van der Waals surface area contributed by atoms with Crippen molar-refractivity contribution in [1.82, 2.24) is 0 Å². The molecule has 0 aliphatic rings. The molecule has 0 aliphatic carbocycles. The molecule has 2 aromatic rings. The summed E-state index contributed by atoms with van der Waals surface area (Å²) in [6, 6.07) is 11.4. The molecule has 0 amide bonds. The van der Waals surface area contributed by atoms with Gasteiger partial charge in [0.1, 0.15) is 11.5 Å². The molecule has 2 rings (SSSR count). The summed E-state index contributed by atoms with van der Waals surface area (Å²) in [5.41, 5.74) is 5.00. The Balaban J connectivity index is 2.39. The summed E-state index contributed by atoms with van der Waals surface area (Å²) in [4.78, 5) is 0. The maximum atomic E-state index is 9.69. The van der Waals surface area contributed by atoms with Gasteiger partial charge in [-0.25, -0.2) is 0 Å². The second-order valence-electron chi connectivity index (χ2n) is 6.05. The Kier molecular flexibility index (Phi) is 5.12. The van der Waals surface area contributed by atoms with Crippen LogP contribution in [0.4, 0.5) is 0 Å². The van der Waals surface area contributed by atoms with Crippen LogP contribution in [0, 0.1) is 0 Å². The highest BCUT2D eigenvalue weighted by Gasteiger charge is 2.21. The quantitative estimate of drug-likeness (QED) is 0.803. The maximum Gasteiger partial charge on any atom is 0.115 e. The van der Waals surface area contributed by atoms with Crippen LogP contribution in [-0.4, -0.2) is 10.2 Å². The number of hydrogen-bond donors (Lipinski definition) is 2. The van der Waals surface area contributed by atoms with Crippen molar-refractivity contribution in [3.05, 3.63) is 58.7 Å². The lowest BCUT2D eigenvalue weighted by Gasteiger charge is -2.25. The molecular formula is C20H26O2. The van der Waals surface area contributed by atoms with E-state index in [9.17, 15) is 10.2 Å². The van der Waals surface area contributed by atoms with Gasteiger partial charge in [0.25, 0.3) is 0 Å². The fourth-order valence-electron chi connectivity index (χ4n) is 3.22. The van der Waals surface area contributed by atoms with Gasteiger partial charge in [0.15, 0.2) is 0 Å². The normalized spacial score (nSPS) is 13.8. The molecule has 0 unspecified atom stereocenters. The number of rotatable bonds is 5. The van der Waals surface area contributed by atoms with Gasteiger partial charge >= 0.3 is 0 Å². The monoisotopic (exact) mass is 298 g/mol. The molecule has 0 radical (unpaired) electrons. The van der Waals surface area contributed by atoms with Gasteiger partial charge in [0, 0.05) is 0 Å². The average molecular weight is 298 g/mol. The lowest BCUT2D eigenvalue weighted by molar-refractivity contribution is 0.472. The van der Waals surface area contributed by atoms with Gasteiger partial charge in [-0.3, -0.25) is 0 Å². The molecular weight excluding hydrogens is 272 g/mol. The first-order valence-corrected chi connectivity index (χ1v) is 8.11. The molecule has 0 saturated heterocycles. The molecule has 0 bridgehead atoms. The fourth-order valence-corrected chi connectivity index (χ4v) is 3.22. The van der Waals surface area contributed by atoms with Gasteiger partial charge in [-0.2, -0.15) is 0 Å². The zero-order valence-electron chi connectivity index (χ0n) is 13.9. The van der Waals surface area contributed by atoms with E-state index >= 15 is 0 Å². The van der Waals surface area contributed by atoms with Gasteiger partial charge in [0.05, 0.1) is 0 Å². The minimum atomic E-state index is 0.333. The van der Waals surface area contributed by atoms with Gasteiger partial charge in [-0.05, 0) is 71.2 Å². The predicted octanol–water partition coefficient (Wildman–Crippen LogP) is 5.13. The first-order chi connectivity index (χ1) is 10.5. The summed E-state index contributed by atoms with van der Waals surface area (Å²) in [7, 11) is 0. The Morgan fingerprint density at radius 2 is 1.09 bits per heavy atom. The van der Waals surface area contributed by atoms with Gasteiger partial charge in [0.2, 0.25) is 0 Å². The molecule has 118 valence electrons. The largest absolute Gasteiger partial charge is 0.508 e. The van der Waals surface area contributed by atoms with Crippen molar-refractivity contribution < 1.29 is 10.2 Å². The summed E-state index contributed by atoms with van der Waals surface area (Å²) >= 11 is 0. The van der Waals surface area contributed by atoms with Gasteiger partial charge in [-0.1, -0.05) is 39.8 Å². The van der Waals surface area contributed by atoms with E-state index in [1.807, 2.05) is 24.3 Å². The molecule has 0 aliphatic heterocycles. The lowest BCUT2D eigenvalue weighted by Crippen LogP contribution is -2.09. The van der Waals surface area contributed by atoms with E-state index in [1.54, 1.807) is 12.1 Å². The van der Waals surface area contributed by atoms with Crippen molar-refractivity contribution in [2.24, 2.45) is 0 Å². The highest BCUT2D eigenvalue weighted by molar-refractivity contribution is 5.42. The Bertz CT molecular complexity index is 589. The molecule has 2 N–H and O–H groups in total. The van der Waals surface area contributed by atoms with Crippen LogP contribution in [0.25, 0.3) is 0 Å². The van der Waals surface area contributed by atoms with Crippen LogP contribution in [0.3, 0.4) is 0 Å². The van der Waals surface area contributed by atoms with Crippen molar-refractivity contribution in [2.45, 2.75) is 52.4 Å². The molecule has 0 aromatic heterocycles. The molecule has 0 heterocycles. The molecule has 2 heteroatoms. The number of phenols is 2. The first-order valence-electron chi connectivity index (χ1n) is 8.11. The molecule has 0 saturated carbocycles. The zero-order valence-corrected chi connectivity index (χ0v) is 13.9. The van der Waals surface area contributed by atoms with Crippen molar-refractivity contribution in [3.63, 3.8) is 0 Å². The third kappa shape index (κ3) is 3.27. The van der Waals surface area contributed by atoms with Crippen molar-refractivity contribution >= 4 is 0 Å². The van der Waals surface area contributed by atoms with Crippen LogP contribution in [0.2, 0.25) is 0 Å². The van der Waals surface area contributed by atoms with Crippen molar-refractivity contribution in [1.29, 1.82) is 0 Å². The Hall–Kier alpha value is -1.96. The second kappa shape index (κ2) is 6.87. The number of aryl methyl sites for hydroxylation is 2. The average Bonchev–Trinajstić information content (AvgIpc) is 2.53. The van der Waals surface area contributed by atoms with Crippen LogP contribution >= 0.6 is 0 Å². The number of hydrogen-bond acceptors (Lipinski definition) is 2. The van der Waals surface area contributed by atoms with Gasteiger partial charge < -0.3 is 10.2 Å². The fraction of sp³-hybridized carbons (Fsp3) is 0.400. The second-order valence-corrected chi connectivity index (χ2v) is 6.05. The standard InChI is InChI=1S/C20H26O2/c1-5-15-11-17(21)7-9-19(15)13(3)14(4)20-10-8-18(22)12-16(20)6-2/h7-14,21-22H,5-6H2,1-4H3/t13-,14+. The van der Waals surface area contributed by atoms with Gasteiger partial charge in [-0.15, -0.1) is 0 Å². The Morgan fingerprint density at radius 3 is 1.41 bits per heavy atom. The molecule has 2 atom stereocenters. The van der Waals surface area contributed by atoms with Crippen LogP contribution < -0.4 is 0 Å². The lowest BCUT2D eigenvalue weighted by atomic mass is 9.79. The topological polar surface area (TPSA) is 40.5 Å². The summed E-state index contributed by atoms with van der Waals surface area (Å²) < 4.78 is 0. The molecule has 0 fully saturated rings.